The van der Waals surface area contributed by atoms with E-state index in [0.717, 1.165) is 181 Å². The Morgan fingerprint density at radius 1 is 0.288 bits per heavy atom. The van der Waals surface area contributed by atoms with Gasteiger partial charge in [-0.15, -0.1) is 0 Å². The van der Waals surface area contributed by atoms with E-state index in [-0.39, 0.29) is 0 Å². The first-order chi connectivity index (χ1) is 32.3. The van der Waals surface area contributed by atoms with Crippen molar-refractivity contribution in [2.24, 2.45) is 0 Å². The molecule has 0 bridgehead atoms. The Kier molecular flexibility index (Phi) is 25.8. The van der Waals surface area contributed by atoms with Gasteiger partial charge in [-0.05, 0) is 107 Å². The van der Waals surface area contributed by atoms with Crippen LogP contribution in [0.4, 0.5) is 0 Å². The first kappa shape index (κ1) is 54.1. The second kappa shape index (κ2) is 31.4. The summed E-state index contributed by atoms with van der Waals surface area (Å²) < 4.78 is 37.3. The monoisotopic (exact) mass is 913 g/mol. The maximum atomic E-state index is 14.1. The fourth-order valence-corrected chi connectivity index (χ4v) is 8.36. The van der Waals surface area contributed by atoms with Crippen LogP contribution in [0.3, 0.4) is 0 Å². The van der Waals surface area contributed by atoms with Gasteiger partial charge in [-0.25, -0.2) is 14.4 Å². The summed E-state index contributed by atoms with van der Waals surface area (Å²) in [6.45, 7) is 15.3. The van der Waals surface area contributed by atoms with E-state index in [1.54, 1.807) is 0 Å². The van der Waals surface area contributed by atoms with Gasteiger partial charge in [0.25, 0.3) is 0 Å². The van der Waals surface area contributed by atoms with Gasteiger partial charge in [0.2, 0.25) is 0 Å². The normalized spacial score (nSPS) is 11.4. The number of rotatable bonds is 36. The molecular formula is C57H84O9. The minimum Gasteiger partial charge on any atom is -0.493 e. The van der Waals surface area contributed by atoms with Crippen LogP contribution in [0.2, 0.25) is 0 Å². The molecule has 9 heteroatoms. The van der Waals surface area contributed by atoms with E-state index in [4.69, 9.17) is 28.4 Å². The maximum Gasteiger partial charge on any atom is 0.341 e. The average molecular weight is 913 g/mol. The Morgan fingerprint density at radius 2 is 0.500 bits per heavy atom. The molecule has 0 aromatic heterocycles. The lowest BCUT2D eigenvalue weighted by Crippen LogP contribution is -2.12. The van der Waals surface area contributed by atoms with Gasteiger partial charge in [-0.3, -0.25) is 0 Å². The molecule has 4 aromatic carbocycles. The van der Waals surface area contributed by atoms with Crippen molar-refractivity contribution in [2.45, 2.75) is 196 Å². The topological polar surface area (TPSA) is 107 Å². The van der Waals surface area contributed by atoms with Crippen LogP contribution in [-0.4, -0.2) is 57.5 Å². The van der Waals surface area contributed by atoms with Crippen LogP contribution in [-0.2, 0) is 14.2 Å². The molecule has 0 aliphatic rings. The number of hydrogen-bond acceptors (Lipinski definition) is 9. The van der Waals surface area contributed by atoms with E-state index in [9.17, 15) is 14.4 Å². The molecule has 9 nitrogen and oxygen atoms in total. The minimum absolute atomic E-state index is 0.312. The van der Waals surface area contributed by atoms with Crippen molar-refractivity contribution in [3.63, 3.8) is 0 Å². The number of benzene rings is 4. The zero-order chi connectivity index (χ0) is 47.4. The summed E-state index contributed by atoms with van der Waals surface area (Å²) >= 11 is 0. The van der Waals surface area contributed by atoms with Gasteiger partial charge in [0.1, 0.15) is 33.9 Å². The first-order valence-electron chi connectivity index (χ1n) is 26.3. The largest absolute Gasteiger partial charge is 0.493 e. The lowest BCUT2D eigenvalue weighted by atomic mass is 9.90. The molecule has 0 fully saturated rings. The summed E-state index contributed by atoms with van der Waals surface area (Å²) in [7, 11) is 0. The van der Waals surface area contributed by atoms with Gasteiger partial charge in [0, 0.05) is 0 Å². The summed E-state index contributed by atoms with van der Waals surface area (Å²) in [5.41, 5.74) is 1.00. The lowest BCUT2D eigenvalue weighted by molar-refractivity contribution is 0.0483. The molecule has 0 atom stereocenters. The number of unbranched alkanes of at least 4 members (excludes halogenated alkanes) is 18. The summed E-state index contributed by atoms with van der Waals surface area (Å²) in [4.78, 5) is 42.4. The third-order valence-electron chi connectivity index (χ3n) is 12.3. The molecule has 0 spiro atoms. The third-order valence-corrected chi connectivity index (χ3v) is 12.3. The molecule has 66 heavy (non-hydrogen) atoms. The van der Waals surface area contributed by atoms with Crippen molar-refractivity contribution in [2.75, 3.05) is 39.6 Å². The predicted octanol–water partition coefficient (Wildman–Crippen LogP) is 16.2. The van der Waals surface area contributed by atoms with Crippen LogP contribution in [0.1, 0.15) is 227 Å². The molecule has 0 heterocycles. The molecule has 4 aromatic rings. The van der Waals surface area contributed by atoms with Crippen molar-refractivity contribution >= 4 is 50.2 Å². The molecule has 0 radical (unpaired) electrons. The highest BCUT2D eigenvalue weighted by Gasteiger charge is 2.25. The molecule has 0 amide bonds. The van der Waals surface area contributed by atoms with E-state index in [1.165, 1.54) is 0 Å². The van der Waals surface area contributed by atoms with Gasteiger partial charge in [-0.2, -0.15) is 0 Å². The summed E-state index contributed by atoms with van der Waals surface area (Å²) in [5.74, 6) is -0.0340. The summed E-state index contributed by atoms with van der Waals surface area (Å²) in [5, 5.41) is 4.58. The third kappa shape index (κ3) is 17.0. The summed E-state index contributed by atoms with van der Waals surface area (Å²) in [6.07, 6.45) is 24.1. The van der Waals surface area contributed by atoms with Crippen LogP contribution in [0.15, 0.2) is 36.4 Å². The molecule has 0 saturated carbocycles. The Hall–Kier alpha value is -4.53. The molecule has 0 saturated heterocycles. The van der Waals surface area contributed by atoms with Crippen molar-refractivity contribution in [3.8, 4) is 17.2 Å². The SMILES string of the molecule is CCCCCCCOC(=O)c1cc2c(cc1OCCCCC)c1cc(OCCCCC)c(C(=O)OCCCCCCC)cc1c1cc(C(=O)OCCCCCCC)c(OCCCCC)cc21. The van der Waals surface area contributed by atoms with Crippen LogP contribution in [0, 0.1) is 0 Å². The zero-order valence-corrected chi connectivity index (χ0v) is 41.9. The van der Waals surface area contributed by atoms with Crippen molar-refractivity contribution in [3.05, 3.63) is 53.1 Å². The van der Waals surface area contributed by atoms with E-state index >= 15 is 0 Å². The molecule has 0 aliphatic heterocycles. The quantitative estimate of drug-likeness (QED) is 0.0191. The molecule has 0 aliphatic carbocycles. The first-order valence-corrected chi connectivity index (χ1v) is 26.3. The lowest BCUT2D eigenvalue weighted by Gasteiger charge is -2.20. The number of fused-ring (bicyclic) bond motifs is 6. The summed E-state index contributed by atoms with van der Waals surface area (Å²) in [6, 6.07) is 11.4. The molecular weight excluding hydrogens is 829 g/mol. The Bertz CT molecular complexity index is 2070. The van der Waals surface area contributed by atoms with E-state index in [2.05, 4.69) is 41.5 Å². The predicted molar refractivity (Wildman–Crippen MR) is 271 cm³/mol. The Balaban J connectivity index is 2.00. The van der Waals surface area contributed by atoms with Crippen molar-refractivity contribution in [1.82, 2.24) is 0 Å². The second-order valence-corrected chi connectivity index (χ2v) is 18.0. The number of ether oxygens (including phenoxy) is 6. The van der Waals surface area contributed by atoms with E-state index in [0.29, 0.717) is 79.0 Å². The smallest absolute Gasteiger partial charge is 0.341 e. The van der Waals surface area contributed by atoms with Crippen LogP contribution >= 0.6 is 0 Å². The molecule has 0 N–H and O–H groups in total. The Morgan fingerprint density at radius 3 is 0.758 bits per heavy atom. The van der Waals surface area contributed by atoms with Gasteiger partial charge >= 0.3 is 17.9 Å². The standard InChI is InChI=1S/C57H84O9/c1-7-13-19-22-28-34-64-55(58)49-37-43-44-38-50(56(59)65-35-29-23-20-14-8-2)53(62-32-26-17-11-5)41-47(44)48-42-54(63-33-27-18-12-6)51(57(60)66-36-30-24-21-15-9-3)39-45(48)46(43)40-52(49)61-31-25-16-10-4/h37-42H,7-36H2,1-6H3. The highest BCUT2D eigenvalue weighted by Crippen LogP contribution is 2.43. The van der Waals surface area contributed by atoms with Crippen molar-refractivity contribution in [1.29, 1.82) is 0 Å². The van der Waals surface area contributed by atoms with Gasteiger partial charge in [-0.1, -0.05) is 157 Å². The minimum atomic E-state index is -0.455. The fraction of sp³-hybridized carbons (Fsp3) is 0.632. The highest BCUT2D eigenvalue weighted by atomic mass is 16.5. The average Bonchev–Trinajstić information content (AvgIpc) is 3.33. The second-order valence-electron chi connectivity index (χ2n) is 18.0. The van der Waals surface area contributed by atoms with Gasteiger partial charge in [0.05, 0.1) is 39.6 Å². The number of esters is 3. The number of carbonyl (C=O) groups excluding carboxylic acids is 3. The number of carbonyl (C=O) groups is 3. The van der Waals surface area contributed by atoms with Crippen molar-refractivity contribution < 1.29 is 42.8 Å². The Labute approximate surface area is 397 Å². The molecule has 366 valence electrons. The fourth-order valence-electron chi connectivity index (χ4n) is 8.36. The highest BCUT2D eigenvalue weighted by molar-refractivity contribution is 6.28. The van der Waals surface area contributed by atoms with Crippen LogP contribution in [0.5, 0.6) is 17.2 Å². The van der Waals surface area contributed by atoms with Crippen LogP contribution < -0.4 is 14.2 Å². The maximum absolute atomic E-state index is 14.1. The van der Waals surface area contributed by atoms with E-state index < -0.39 is 17.9 Å². The molecule has 0 unspecified atom stereocenters. The molecule has 4 rings (SSSR count). The van der Waals surface area contributed by atoms with Crippen LogP contribution in [0.25, 0.3) is 32.3 Å². The van der Waals surface area contributed by atoms with Gasteiger partial charge < -0.3 is 28.4 Å². The van der Waals surface area contributed by atoms with E-state index in [1.807, 2.05) is 36.4 Å². The zero-order valence-electron chi connectivity index (χ0n) is 41.9. The van der Waals surface area contributed by atoms with Gasteiger partial charge in [0.15, 0.2) is 0 Å². The number of hydrogen-bond donors (Lipinski definition) is 0.